The second kappa shape index (κ2) is 7.05. The molecule has 0 N–H and O–H groups in total. The fourth-order valence-corrected chi connectivity index (χ4v) is 3.50. The summed E-state index contributed by atoms with van der Waals surface area (Å²) in [6.07, 6.45) is 5.92. The van der Waals surface area contributed by atoms with Gasteiger partial charge in [-0.1, -0.05) is 33.6 Å². The highest BCUT2D eigenvalue weighted by Crippen LogP contribution is 2.35. The molecule has 106 valence electrons. The normalized spacial score (nSPS) is 21.4. The monoisotopic (exact) mass is 348 g/mol. The molecule has 2 rings (SSSR count). The van der Waals surface area contributed by atoms with Gasteiger partial charge in [-0.2, -0.15) is 0 Å². The van der Waals surface area contributed by atoms with Gasteiger partial charge in [0.05, 0.1) is 6.10 Å². The van der Waals surface area contributed by atoms with Crippen LogP contribution in [-0.2, 0) is 4.74 Å². The fraction of sp³-hybridized carbons (Fsp3) is 0.600. The predicted molar refractivity (Wildman–Crippen MR) is 80.6 cm³/mol. The lowest BCUT2D eigenvalue weighted by atomic mass is 10.00. The number of benzene rings is 1. The van der Waals surface area contributed by atoms with E-state index in [1.807, 2.05) is 6.07 Å². The van der Waals surface area contributed by atoms with Gasteiger partial charge in [-0.25, -0.2) is 4.39 Å². The Labute approximate surface area is 127 Å². The van der Waals surface area contributed by atoms with Crippen LogP contribution in [0.1, 0.15) is 48.1 Å². The van der Waals surface area contributed by atoms with Crippen molar-refractivity contribution in [3.8, 4) is 0 Å². The van der Waals surface area contributed by atoms with Gasteiger partial charge in [0, 0.05) is 16.5 Å². The number of halogens is 3. The molecule has 1 nitrogen and oxygen atoms in total. The van der Waals surface area contributed by atoms with E-state index in [1.165, 1.54) is 18.9 Å². The standard InChI is InChI=1S/C15H19BrClFO/c1-10-8-12(14(17)9-15(10)18)13(16)6-5-11-4-2-3-7-19-11/h8-9,11,13H,2-7H2,1H3. The van der Waals surface area contributed by atoms with Gasteiger partial charge in [0.15, 0.2) is 0 Å². The van der Waals surface area contributed by atoms with Crippen molar-refractivity contribution in [2.75, 3.05) is 6.61 Å². The summed E-state index contributed by atoms with van der Waals surface area (Å²) in [4.78, 5) is 0.157. The summed E-state index contributed by atoms with van der Waals surface area (Å²) < 4.78 is 19.1. The minimum absolute atomic E-state index is 0.157. The maximum atomic E-state index is 13.4. The van der Waals surface area contributed by atoms with Gasteiger partial charge in [-0.3, -0.25) is 0 Å². The first-order chi connectivity index (χ1) is 9.08. The van der Waals surface area contributed by atoms with Crippen molar-refractivity contribution >= 4 is 27.5 Å². The minimum atomic E-state index is -0.246. The maximum Gasteiger partial charge on any atom is 0.127 e. The third-order valence-corrected chi connectivity index (χ3v) is 4.91. The van der Waals surface area contributed by atoms with Crippen LogP contribution >= 0.6 is 27.5 Å². The molecule has 1 aliphatic heterocycles. The SMILES string of the molecule is Cc1cc(C(Br)CCC2CCCCO2)c(Cl)cc1F. The average Bonchev–Trinajstić information content (AvgIpc) is 2.41. The van der Waals surface area contributed by atoms with Crippen molar-refractivity contribution in [1.29, 1.82) is 0 Å². The van der Waals surface area contributed by atoms with Crippen molar-refractivity contribution in [3.63, 3.8) is 0 Å². The van der Waals surface area contributed by atoms with E-state index in [0.29, 0.717) is 16.7 Å². The van der Waals surface area contributed by atoms with Gasteiger partial charge in [-0.05, 0) is 56.2 Å². The van der Waals surface area contributed by atoms with Crippen molar-refractivity contribution < 1.29 is 9.13 Å². The Morgan fingerprint density at radius 1 is 1.47 bits per heavy atom. The Balaban J connectivity index is 1.95. The molecule has 0 spiro atoms. The predicted octanol–water partition coefficient (Wildman–Crippen LogP) is 5.57. The first kappa shape index (κ1) is 15.3. The van der Waals surface area contributed by atoms with E-state index in [1.54, 1.807) is 6.92 Å². The largest absolute Gasteiger partial charge is 0.378 e. The Hall–Kier alpha value is -0.120. The third kappa shape index (κ3) is 4.17. The van der Waals surface area contributed by atoms with E-state index < -0.39 is 0 Å². The Bertz CT molecular complexity index is 432. The van der Waals surface area contributed by atoms with E-state index in [-0.39, 0.29) is 10.6 Å². The van der Waals surface area contributed by atoms with E-state index in [9.17, 15) is 4.39 Å². The number of rotatable bonds is 4. The molecule has 0 bridgehead atoms. The molecule has 0 aromatic heterocycles. The molecule has 0 saturated carbocycles. The molecule has 1 aromatic rings. The molecule has 4 heteroatoms. The Kier molecular flexibility index (Phi) is 5.67. The summed E-state index contributed by atoms with van der Waals surface area (Å²) in [7, 11) is 0. The number of hydrogen-bond donors (Lipinski definition) is 0. The third-order valence-electron chi connectivity index (χ3n) is 3.63. The van der Waals surface area contributed by atoms with Crippen LogP contribution in [0.15, 0.2) is 12.1 Å². The van der Waals surface area contributed by atoms with Crippen molar-refractivity contribution in [2.45, 2.75) is 50.0 Å². The van der Waals surface area contributed by atoms with E-state index in [0.717, 1.165) is 31.4 Å². The van der Waals surface area contributed by atoms with Crippen LogP contribution in [0.4, 0.5) is 4.39 Å². The highest BCUT2D eigenvalue weighted by Gasteiger charge is 2.18. The average molecular weight is 350 g/mol. The quantitative estimate of drug-likeness (QED) is 0.645. The van der Waals surface area contributed by atoms with E-state index >= 15 is 0 Å². The van der Waals surface area contributed by atoms with Gasteiger partial charge in [0.2, 0.25) is 0 Å². The zero-order valence-corrected chi connectivity index (χ0v) is 13.4. The van der Waals surface area contributed by atoms with E-state index in [2.05, 4.69) is 15.9 Å². The lowest BCUT2D eigenvalue weighted by molar-refractivity contribution is 0.0102. The molecule has 2 unspecified atom stereocenters. The van der Waals surface area contributed by atoms with Gasteiger partial charge >= 0.3 is 0 Å². The molecule has 1 saturated heterocycles. The van der Waals surface area contributed by atoms with E-state index in [4.69, 9.17) is 16.3 Å². The summed E-state index contributed by atoms with van der Waals surface area (Å²) in [5, 5.41) is 0.495. The van der Waals surface area contributed by atoms with Crippen LogP contribution in [0, 0.1) is 12.7 Å². The molecule has 1 fully saturated rings. The topological polar surface area (TPSA) is 9.23 Å². The first-order valence-electron chi connectivity index (χ1n) is 6.79. The Morgan fingerprint density at radius 3 is 2.95 bits per heavy atom. The zero-order valence-electron chi connectivity index (χ0n) is 11.1. The van der Waals surface area contributed by atoms with Gasteiger partial charge in [0.1, 0.15) is 5.82 Å². The second-order valence-corrected chi connectivity index (χ2v) is 6.67. The molecule has 1 aromatic carbocycles. The minimum Gasteiger partial charge on any atom is -0.378 e. The van der Waals surface area contributed by atoms with Crippen LogP contribution in [0.2, 0.25) is 5.02 Å². The number of ether oxygens (including phenoxy) is 1. The highest BCUT2D eigenvalue weighted by molar-refractivity contribution is 9.09. The van der Waals surface area contributed by atoms with Crippen molar-refractivity contribution in [2.24, 2.45) is 0 Å². The van der Waals surface area contributed by atoms with Crippen LogP contribution in [0.3, 0.4) is 0 Å². The summed E-state index contributed by atoms with van der Waals surface area (Å²) in [6, 6.07) is 3.23. The number of alkyl halides is 1. The molecule has 0 radical (unpaired) electrons. The van der Waals surface area contributed by atoms with Crippen LogP contribution in [0.5, 0.6) is 0 Å². The van der Waals surface area contributed by atoms with Crippen LogP contribution in [0.25, 0.3) is 0 Å². The molecule has 0 amide bonds. The molecule has 2 atom stereocenters. The number of hydrogen-bond acceptors (Lipinski definition) is 1. The molecule has 1 aliphatic rings. The molecular formula is C15H19BrClFO. The smallest absolute Gasteiger partial charge is 0.127 e. The van der Waals surface area contributed by atoms with Crippen LogP contribution in [-0.4, -0.2) is 12.7 Å². The summed E-state index contributed by atoms with van der Waals surface area (Å²) >= 11 is 9.78. The van der Waals surface area contributed by atoms with Crippen molar-refractivity contribution in [3.05, 3.63) is 34.1 Å². The van der Waals surface area contributed by atoms with Crippen molar-refractivity contribution in [1.82, 2.24) is 0 Å². The van der Waals surface area contributed by atoms with Crippen LogP contribution < -0.4 is 0 Å². The molecular weight excluding hydrogens is 331 g/mol. The number of aryl methyl sites for hydroxylation is 1. The molecule has 1 heterocycles. The second-order valence-electron chi connectivity index (χ2n) is 5.16. The van der Waals surface area contributed by atoms with Gasteiger partial charge in [-0.15, -0.1) is 0 Å². The maximum absolute atomic E-state index is 13.4. The molecule has 19 heavy (non-hydrogen) atoms. The van der Waals surface area contributed by atoms with Gasteiger partial charge in [0.25, 0.3) is 0 Å². The summed E-state index contributed by atoms with van der Waals surface area (Å²) in [6.45, 7) is 2.65. The zero-order chi connectivity index (χ0) is 13.8. The highest BCUT2D eigenvalue weighted by atomic mass is 79.9. The first-order valence-corrected chi connectivity index (χ1v) is 8.08. The summed E-state index contributed by atoms with van der Waals surface area (Å²) in [5.41, 5.74) is 1.61. The fourth-order valence-electron chi connectivity index (χ4n) is 2.44. The van der Waals surface area contributed by atoms with Gasteiger partial charge < -0.3 is 4.74 Å². The summed E-state index contributed by atoms with van der Waals surface area (Å²) in [5.74, 6) is -0.246. The molecule has 0 aliphatic carbocycles. The Morgan fingerprint density at radius 2 is 2.26 bits per heavy atom. The lowest BCUT2D eigenvalue weighted by Crippen LogP contribution is -2.19. The lowest BCUT2D eigenvalue weighted by Gasteiger charge is -2.23.